The Labute approximate surface area is 376 Å². The summed E-state index contributed by atoms with van der Waals surface area (Å²) in [6.45, 7) is 0. The highest BCUT2D eigenvalue weighted by Gasteiger charge is 2.23. The van der Waals surface area contributed by atoms with Crippen LogP contribution in [0.2, 0.25) is 0 Å². The third kappa shape index (κ3) is 6.28. The van der Waals surface area contributed by atoms with Crippen LogP contribution >= 0.6 is 0 Å². The molecule has 3 nitrogen and oxygen atoms in total. The molecule has 0 atom stereocenters. The van der Waals surface area contributed by atoms with Crippen molar-refractivity contribution in [2.45, 2.75) is 0 Å². The van der Waals surface area contributed by atoms with Gasteiger partial charge >= 0.3 is 0 Å². The van der Waals surface area contributed by atoms with Crippen molar-refractivity contribution in [3.63, 3.8) is 0 Å². The minimum Gasteiger partial charge on any atom is -0.456 e. The summed E-state index contributed by atoms with van der Waals surface area (Å²) in [6, 6.07) is 88.0. The van der Waals surface area contributed by atoms with Crippen LogP contribution in [0, 0.1) is 0 Å². The van der Waals surface area contributed by atoms with E-state index in [-0.39, 0.29) is 0 Å². The Kier molecular flexibility index (Phi) is 8.53. The minimum absolute atomic E-state index is 0.868. The molecule has 0 amide bonds. The predicted octanol–water partition coefficient (Wildman–Crippen LogP) is 17.5. The fourth-order valence-corrected chi connectivity index (χ4v) is 9.94. The molecule has 304 valence electrons. The summed E-state index contributed by atoms with van der Waals surface area (Å²) in [5.41, 5.74) is 15.2. The maximum absolute atomic E-state index is 6.55. The van der Waals surface area contributed by atoms with Crippen LogP contribution in [0.1, 0.15) is 0 Å². The lowest BCUT2D eigenvalue weighted by atomic mass is 9.97. The van der Waals surface area contributed by atoms with Crippen LogP contribution < -0.4 is 4.90 Å². The Morgan fingerprint density at radius 1 is 0.308 bits per heavy atom. The largest absolute Gasteiger partial charge is 0.456 e. The molecule has 0 aliphatic carbocycles. The van der Waals surface area contributed by atoms with Gasteiger partial charge in [-0.05, 0) is 134 Å². The summed E-state index contributed by atoms with van der Waals surface area (Å²) in [5, 5.41) is 9.56. The molecule has 11 aromatic carbocycles. The van der Waals surface area contributed by atoms with Crippen molar-refractivity contribution in [2.24, 2.45) is 0 Å². The molecule has 0 unspecified atom stereocenters. The van der Waals surface area contributed by atoms with Crippen molar-refractivity contribution in [3.05, 3.63) is 243 Å². The summed E-state index contributed by atoms with van der Waals surface area (Å²) in [7, 11) is 0. The SMILES string of the molecule is c1ccc(-n2c3ccccc3c3cc(-c4ccc5c(c4)oc4ccccc45)c(N(c4ccc(-c5ccc6ccccc6c5)cc4)c4ccc(-c5ccc6ccccc6c5)cc4)cc32)cc1. The van der Waals surface area contributed by atoms with Crippen LogP contribution in [-0.2, 0) is 0 Å². The fraction of sp³-hybridized carbons (Fsp3) is 0. The first-order valence-electron chi connectivity index (χ1n) is 22.2. The molecule has 0 fully saturated rings. The summed E-state index contributed by atoms with van der Waals surface area (Å²) in [6.07, 6.45) is 0. The Bertz CT molecular complexity index is 3810. The number of furan rings is 1. The molecule has 65 heavy (non-hydrogen) atoms. The Morgan fingerprint density at radius 3 is 1.49 bits per heavy atom. The van der Waals surface area contributed by atoms with Crippen LogP contribution in [0.5, 0.6) is 0 Å². The average Bonchev–Trinajstić information content (AvgIpc) is 3.91. The number of aromatic nitrogens is 1. The van der Waals surface area contributed by atoms with Crippen LogP contribution in [0.4, 0.5) is 17.1 Å². The highest BCUT2D eigenvalue weighted by atomic mass is 16.3. The highest BCUT2D eigenvalue weighted by molar-refractivity contribution is 6.14. The number of hydrogen-bond acceptors (Lipinski definition) is 2. The zero-order valence-electron chi connectivity index (χ0n) is 35.4. The standard InChI is InChI=1S/C62H40N2O/c1-2-16-50(17-3-1)64-58-20-10-8-18-53(58)57-39-56(49-30-35-55-54-19-9-11-21-61(54)65-62(55)38-49)59(40-60(57)64)63(51-31-26-43(27-32-51)47-24-22-41-12-4-6-14-45(41)36-47)52-33-28-44(29-34-52)48-25-23-42-13-5-7-15-46(42)37-48/h1-40H. The third-order valence-corrected chi connectivity index (χ3v) is 13.2. The van der Waals surface area contributed by atoms with Gasteiger partial charge in [-0.1, -0.05) is 158 Å². The van der Waals surface area contributed by atoms with E-state index in [4.69, 9.17) is 4.42 Å². The molecule has 0 N–H and O–H groups in total. The van der Waals surface area contributed by atoms with E-state index in [1.165, 1.54) is 54.6 Å². The molecule has 0 saturated heterocycles. The van der Waals surface area contributed by atoms with Crippen molar-refractivity contribution >= 4 is 82.4 Å². The van der Waals surface area contributed by atoms with E-state index in [2.05, 4.69) is 246 Å². The number of fused-ring (bicyclic) bond motifs is 8. The van der Waals surface area contributed by atoms with Gasteiger partial charge in [-0.25, -0.2) is 0 Å². The average molecular weight is 829 g/mol. The number of benzene rings is 11. The first kappa shape index (κ1) is 36.9. The fourth-order valence-electron chi connectivity index (χ4n) is 9.94. The summed E-state index contributed by atoms with van der Waals surface area (Å²) < 4.78 is 8.96. The van der Waals surface area contributed by atoms with E-state index >= 15 is 0 Å². The van der Waals surface area contributed by atoms with Crippen molar-refractivity contribution in [3.8, 4) is 39.1 Å². The number of nitrogens with zero attached hydrogens (tertiary/aromatic N) is 2. The normalized spacial score (nSPS) is 11.7. The topological polar surface area (TPSA) is 21.3 Å². The maximum Gasteiger partial charge on any atom is 0.136 e. The molecule has 13 aromatic rings. The molecule has 0 saturated carbocycles. The highest BCUT2D eigenvalue weighted by Crippen LogP contribution is 2.47. The van der Waals surface area contributed by atoms with Gasteiger partial charge in [0.05, 0.1) is 16.7 Å². The molecular weight excluding hydrogens is 789 g/mol. The predicted molar refractivity (Wildman–Crippen MR) is 274 cm³/mol. The van der Waals surface area contributed by atoms with E-state index < -0.39 is 0 Å². The van der Waals surface area contributed by atoms with Gasteiger partial charge in [0.1, 0.15) is 11.2 Å². The van der Waals surface area contributed by atoms with Crippen LogP contribution in [0.3, 0.4) is 0 Å². The van der Waals surface area contributed by atoms with Gasteiger partial charge in [0, 0.05) is 44.2 Å². The Balaban J connectivity index is 1.06. The zero-order chi connectivity index (χ0) is 42.8. The molecule has 0 aliphatic heterocycles. The first-order valence-corrected chi connectivity index (χ1v) is 22.2. The smallest absolute Gasteiger partial charge is 0.136 e. The molecule has 0 spiro atoms. The number of hydrogen-bond donors (Lipinski definition) is 0. The molecular formula is C62H40N2O. The maximum atomic E-state index is 6.55. The molecule has 0 aliphatic rings. The Morgan fingerprint density at radius 2 is 0.831 bits per heavy atom. The van der Waals surface area contributed by atoms with E-state index in [1.54, 1.807) is 0 Å². The molecule has 2 aromatic heterocycles. The number of para-hydroxylation sites is 3. The lowest BCUT2D eigenvalue weighted by molar-refractivity contribution is 0.669. The molecule has 3 heteroatoms. The lowest BCUT2D eigenvalue weighted by Gasteiger charge is -2.29. The molecule has 2 heterocycles. The number of rotatable bonds is 7. The second kappa shape index (κ2) is 15.0. The van der Waals surface area contributed by atoms with Gasteiger partial charge in [0.2, 0.25) is 0 Å². The van der Waals surface area contributed by atoms with Crippen LogP contribution in [0.15, 0.2) is 247 Å². The van der Waals surface area contributed by atoms with Gasteiger partial charge in [-0.3, -0.25) is 0 Å². The summed E-state index contributed by atoms with van der Waals surface area (Å²) in [4.78, 5) is 2.43. The second-order valence-corrected chi connectivity index (χ2v) is 16.9. The monoisotopic (exact) mass is 828 g/mol. The van der Waals surface area contributed by atoms with Gasteiger partial charge in [-0.2, -0.15) is 0 Å². The van der Waals surface area contributed by atoms with Crippen LogP contribution in [0.25, 0.3) is 104 Å². The first-order chi connectivity index (χ1) is 32.2. The third-order valence-electron chi connectivity index (χ3n) is 13.2. The molecule has 0 bridgehead atoms. The molecule has 13 rings (SSSR count). The van der Waals surface area contributed by atoms with Crippen molar-refractivity contribution in [1.82, 2.24) is 4.57 Å². The second-order valence-electron chi connectivity index (χ2n) is 16.9. The van der Waals surface area contributed by atoms with Crippen LogP contribution in [-0.4, -0.2) is 4.57 Å². The minimum atomic E-state index is 0.868. The van der Waals surface area contributed by atoms with E-state index in [0.29, 0.717) is 0 Å². The Hall–Kier alpha value is -8.66. The lowest BCUT2D eigenvalue weighted by Crippen LogP contribution is -2.11. The number of anilines is 3. The van der Waals surface area contributed by atoms with Gasteiger partial charge in [0.25, 0.3) is 0 Å². The quantitative estimate of drug-likeness (QED) is 0.160. The zero-order valence-corrected chi connectivity index (χ0v) is 35.4. The van der Waals surface area contributed by atoms with Gasteiger partial charge < -0.3 is 13.9 Å². The van der Waals surface area contributed by atoms with Gasteiger partial charge in [0.15, 0.2) is 0 Å². The van der Waals surface area contributed by atoms with Crippen molar-refractivity contribution in [1.29, 1.82) is 0 Å². The van der Waals surface area contributed by atoms with E-state index in [1.807, 2.05) is 6.07 Å². The van der Waals surface area contributed by atoms with E-state index in [0.717, 1.165) is 66.8 Å². The summed E-state index contributed by atoms with van der Waals surface area (Å²) in [5.74, 6) is 0. The van der Waals surface area contributed by atoms with Gasteiger partial charge in [-0.15, -0.1) is 0 Å². The summed E-state index contributed by atoms with van der Waals surface area (Å²) >= 11 is 0. The van der Waals surface area contributed by atoms with Crippen molar-refractivity contribution in [2.75, 3.05) is 4.90 Å². The van der Waals surface area contributed by atoms with Crippen molar-refractivity contribution < 1.29 is 4.42 Å². The van der Waals surface area contributed by atoms with E-state index in [9.17, 15) is 0 Å². The molecule has 0 radical (unpaired) electrons.